The molecule has 0 amide bonds. The molecule has 1 aromatic rings. The minimum Gasteiger partial charge on any atom is -0.428 e. The van der Waals surface area contributed by atoms with Crippen LogP contribution in [0.2, 0.25) is 0 Å². The first kappa shape index (κ1) is 14.0. The van der Waals surface area contributed by atoms with Crippen LogP contribution in [0.1, 0.15) is 27.7 Å². The molecular weight excluding hydrogens is 236 g/mol. The molecule has 5 nitrogen and oxygen atoms in total. The van der Waals surface area contributed by atoms with Crippen molar-refractivity contribution in [1.29, 1.82) is 0 Å². The zero-order chi connectivity index (χ0) is 13.8. The average Bonchev–Trinajstić information content (AvgIpc) is 2.13. The van der Waals surface area contributed by atoms with Gasteiger partial charge in [0, 0.05) is 13.0 Å². The van der Waals surface area contributed by atoms with Crippen molar-refractivity contribution in [3.05, 3.63) is 24.3 Å². The van der Waals surface area contributed by atoms with E-state index in [1.54, 1.807) is 20.8 Å². The number of carbonyl (C=O) groups excluding carboxylic acids is 2. The smallest absolute Gasteiger partial charge is 0.428 e. The summed E-state index contributed by atoms with van der Waals surface area (Å²) >= 11 is 0. The minimum atomic E-state index is -0.823. The lowest BCUT2D eigenvalue weighted by atomic mass is 10.2. The Kier molecular flexibility index (Phi) is 4.31. The Balaban J connectivity index is 2.67. The zero-order valence-corrected chi connectivity index (χ0v) is 10.8. The number of carbonyl (C=O) groups is 2. The summed E-state index contributed by atoms with van der Waals surface area (Å²) in [6.45, 7) is 6.47. The third-order valence-corrected chi connectivity index (χ3v) is 1.59. The van der Waals surface area contributed by atoms with Gasteiger partial charge < -0.3 is 14.2 Å². The van der Waals surface area contributed by atoms with Crippen molar-refractivity contribution in [3.63, 3.8) is 0 Å². The van der Waals surface area contributed by atoms with Gasteiger partial charge in [-0.15, -0.1) is 0 Å². The zero-order valence-electron chi connectivity index (χ0n) is 10.8. The molecular formula is C13H15O5. The lowest BCUT2D eigenvalue weighted by Crippen LogP contribution is -2.25. The van der Waals surface area contributed by atoms with Crippen LogP contribution in [0.5, 0.6) is 11.5 Å². The molecule has 0 N–H and O–H groups in total. The van der Waals surface area contributed by atoms with Crippen molar-refractivity contribution in [3.8, 4) is 11.5 Å². The van der Waals surface area contributed by atoms with Gasteiger partial charge in [0.2, 0.25) is 0 Å². The van der Waals surface area contributed by atoms with Crippen molar-refractivity contribution in [2.45, 2.75) is 33.3 Å². The third kappa shape index (κ3) is 5.34. The Labute approximate surface area is 106 Å². The first-order valence-electron chi connectivity index (χ1n) is 5.37. The van der Waals surface area contributed by atoms with Crippen molar-refractivity contribution in [2.24, 2.45) is 0 Å². The molecule has 97 valence electrons. The Hall–Kier alpha value is -2.04. The van der Waals surface area contributed by atoms with Gasteiger partial charge in [0.25, 0.3) is 0 Å². The second-order valence-electron chi connectivity index (χ2n) is 4.56. The predicted molar refractivity (Wildman–Crippen MR) is 63.4 cm³/mol. The molecule has 0 bridgehead atoms. The van der Waals surface area contributed by atoms with Gasteiger partial charge in [0.05, 0.1) is 0 Å². The van der Waals surface area contributed by atoms with Crippen LogP contribution in [0.25, 0.3) is 0 Å². The largest absolute Gasteiger partial charge is 0.514 e. The van der Waals surface area contributed by atoms with E-state index in [4.69, 9.17) is 14.2 Å². The maximum atomic E-state index is 11.4. The molecule has 1 aromatic carbocycles. The highest BCUT2D eigenvalue weighted by Crippen LogP contribution is 2.20. The first-order chi connectivity index (χ1) is 8.26. The summed E-state index contributed by atoms with van der Waals surface area (Å²) < 4.78 is 14.7. The lowest BCUT2D eigenvalue weighted by Gasteiger charge is -2.18. The van der Waals surface area contributed by atoms with E-state index in [1.165, 1.54) is 25.1 Å². The van der Waals surface area contributed by atoms with E-state index >= 15 is 0 Å². The summed E-state index contributed by atoms with van der Waals surface area (Å²) in [6, 6.07) is 7.00. The molecule has 0 saturated carbocycles. The topological polar surface area (TPSA) is 61.8 Å². The molecule has 0 unspecified atom stereocenters. The molecule has 1 radical (unpaired) electrons. The van der Waals surface area contributed by atoms with Crippen LogP contribution in [0.15, 0.2) is 18.2 Å². The Morgan fingerprint density at radius 3 is 2.17 bits per heavy atom. The van der Waals surface area contributed by atoms with Crippen LogP contribution in [-0.4, -0.2) is 17.7 Å². The monoisotopic (exact) mass is 251 g/mol. The van der Waals surface area contributed by atoms with Gasteiger partial charge in [-0.1, -0.05) is 0 Å². The van der Waals surface area contributed by atoms with Crippen LogP contribution < -0.4 is 9.47 Å². The van der Waals surface area contributed by atoms with E-state index in [0.717, 1.165) is 0 Å². The first-order valence-corrected chi connectivity index (χ1v) is 5.37. The average molecular weight is 251 g/mol. The summed E-state index contributed by atoms with van der Waals surface area (Å²) in [4.78, 5) is 22.2. The molecule has 0 heterocycles. The van der Waals surface area contributed by atoms with Gasteiger partial charge in [-0.05, 0) is 39.0 Å². The predicted octanol–water partition coefficient (Wildman–Crippen LogP) is 2.73. The Morgan fingerprint density at radius 1 is 1.11 bits per heavy atom. The van der Waals surface area contributed by atoms with Crippen molar-refractivity contribution < 1.29 is 23.8 Å². The molecule has 0 saturated heterocycles. The van der Waals surface area contributed by atoms with Gasteiger partial charge in [-0.3, -0.25) is 4.79 Å². The number of benzene rings is 1. The van der Waals surface area contributed by atoms with Crippen molar-refractivity contribution in [1.82, 2.24) is 0 Å². The maximum absolute atomic E-state index is 11.4. The van der Waals surface area contributed by atoms with Gasteiger partial charge >= 0.3 is 12.1 Å². The SMILES string of the molecule is CC(=O)Oc1c[c]cc(OC(=O)OC(C)(C)C)c1. The number of hydrogen-bond donors (Lipinski definition) is 0. The highest BCUT2D eigenvalue weighted by atomic mass is 16.7. The van der Waals surface area contributed by atoms with Crippen molar-refractivity contribution >= 4 is 12.1 Å². The van der Waals surface area contributed by atoms with Crippen LogP contribution >= 0.6 is 0 Å². The lowest BCUT2D eigenvalue weighted by molar-refractivity contribution is -0.131. The standard InChI is InChI=1S/C13H15O5/c1-9(14)16-10-6-5-7-11(8-10)17-12(15)18-13(2,3)4/h6-8H,1-4H3. The van der Waals surface area contributed by atoms with Crippen molar-refractivity contribution in [2.75, 3.05) is 0 Å². The van der Waals surface area contributed by atoms with Crippen LogP contribution in [0.4, 0.5) is 4.79 Å². The molecule has 0 fully saturated rings. The van der Waals surface area contributed by atoms with Gasteiger partial charge in [-0.25, -0.2) is 4.79 Å². The Bertz CT molecular complexity index is 445. The van der Waals surface area contributed by atoms with E-state index in [1.807, 2.05) is 0 Å². The molecule has 0 atom stereocenters. The fourth-order valence-corrected chi connectivity index (χ4v) is 1.08. The molecule has 1 rings (SSSR count). The molecule has 0 aromatic heterocycles. The fraction of sp³-hybridized carbons (Fsp3) is 0.385. The maximum Gasteiger partial charge on any atom is 0.514 e. The van der Waals surface area contributed by atoms with Crippen LogP contribution in [0, 0.1) is 6.07 Å². The van der Waals surface area contributed by atoms with E-state index in [9.17, 15) is 9.59 Å². The second-order valence-corrected chi connectivity index (χ2v) is 4.56. The summed E-state index contributed by atoms with van der Waals surface area (Å²) in [5, 5.41) is 0. The summed E-state index contributed by atoms with van der Waals surface area (Å²) in [6.07, 6.45) is -0.823. The fourth-order valence-electron chi connectivity index (χ4n) is 1.08. The molecule has 0 spiro atoms. The summed E-state index contributed by atoms with van der Waals surface area (Å²) in [5.41, 5.74) is -0.631. The third-order valence-electron chi connectivity index (χ3n) is 1.59. The van der Waals surface area contributed by atoms with Crippen LogP contribution in [-0.2, 0) is 9.53 Å². The molecule has 0 aliphatic rings. The van der Waals surface area contributed by atoms with E-state index in [-0.39, 0.29) is 11.5 Å². The molecule has 18 heavy (non-hydrogen) atoms. The second kappa shape index (κ2) is 5.53. The van der Waals surface area contributed by atoms with E-state index < -0.39 is 17.7 Å². The number of esters is 1. The molecule has 5 heteroatoms. The van der Waals surface area contributed by atoms with Gasteiger partial charge in [-0.2, -0.15) is 0 Å². The Morgan fingerprint density at radius 2 is 1.67 bits per heavy atom. The summed E-state index contributed by atoms with van der Waals surface area (Å²) in [7, 11) is 0. The highest BCUT2D eigenvalue weighted by molar-refractivity contribution is 5.69. The summed E-state index contributed by atoms with van der Waals surface area (Å²) in [5.74, 6) is -0.00984. The molecule has 0 aliphatic heterocycles. The number of ether oxygens (including phenoxy) is 3. The number of rotatable bonds is 2. The van der Waals surface area contributed by atoms with Crippen LogP contribution in [0.3, 0.4) is 0 Å². The number of hydrogen-bond acceptors (Lipinski definition) is 5. The quantitative estimate of drug-likeness (QED) is 0.459. The van der Waals surface area contributed by atoms with E-state index in [2.05, 4.69) is 6.07 Å². The van der Waals surface area contributed by atoms with Gasteiger partial charge in [0.1, 0.15) is 17.1 Å². The minimum absolute atomic E-state index is 0.197. The highest BCUT2D eigenvalue weighted by Gasteiger charge is 2.18. The molecule has 0 aliphatic carbocycles. The van der Waals surface area contributed by atoms with Gasteiger partial charge in [0.15, 0.2) is 0 Å². The normalized spacial score (nSPS) is 10.7. The van der Waals surface area contributed by atoms with E-state index in [0.29, 0.717) is 0 Å².